The highest BCUT2D eigenvalue weighted by Crippen LogP contribution is 2.35. The number of aryl methyl sites for hydroxylation is 1. The van der Waals surface area contributed by atoms with E-state index in [2.05, 4.69) is 10.4 Å². The Labute approximate surface area is 207 Å². The van der Waals surface area contributed by atoms with E-state index in [1.165, 1.54) is 7.11 Å². The minimum Gasteiger partial charge on any atom is -0.496 e. The number of anilines is 1. The lowest BCUT2D eigenvalue weighted by Gasteiger charge is -2.32. The molecule has 0 bridgehead atoms. The largest absolute Gasteiger partial charge is 0.496 e. The second kappa shape index (κ2) is 11.0. The lowest BCUT2D eigenvalue weighted by molar-refractivity contribution is -0.185. The van der Waals surface area contributed by atoms with Crippen molar-refractivity contribution in [2.75, 3.05) is 38.7 Å². The summed E-state index contributed by atoms with van der Waals surface area (Å²) in [6, 6.07) is 14.1. The highest BCUT2D eigenvalue weighted by molar-refractivity contribution is 6.06. The third kappa shape index (κ3) is 5.99. The number of likely N-dealkylation sites (tertiary alicyclic amines) is 1. The van der Waals surface area contributed by atoms with Gasteiger partial charge in [0, 0.05) is 31.0 Å². The Morgan fingerprint density at radius 2 is 1.86 bits per heavy atom. The number of carbonyl (C=O) groups excluding carboxylic acids is 1. The van der Waals surface area contributed by atoms with Crippen LogP contribution in [0.4, 0.5) is 18.9 Å². The number of hydrogen-bond donors (Lipinski definition) is 1. The molecule has 1 aliphatic heterocycles. The van der Waals surface area contributed by atoms with Crippen LogP contribution in [0.5, 0.6) is 11.5 Å². The van der Waals surface area contributed by atoms with Crippen molar-refractivity contribution in [2.24, 2.45) is 13.0 Å². The van der Waals surface area contributed by atoms with Crippen LogP contribution < -0.4 is 14.8 Å². The van der Waals surface area contributed by atoms with Crippen LogP contribution in [0.3, 0.4) is 0 Å². The van der Waals surface area contributed by atoms with E-state index >= 15 is 0 Å². The van der Waals surface area contributed by atoms with Gasteiger partial charge in [-0.15, -0.1) is 0 Å². The fraction of sp³-hybridized carbons (Fsp3) is 0.385. The molecule has 1 aromatic heterocycles. The number of para-hydroxylation sites is 1. The number of halogens is 3. The zero-order valence-corrected chi connectivity index (χ0v) is 20.2. The van der Waals surface area contributed by atoms with Crippen molar-refractivity contribution in [1.29, 1.82) is 0 Å². The van der Waals surface area contributed by atoms with Gasteiger partial charge >= 0.3 is 6.18 Å². The number of aromatic nitrogens is 2. The average molecular weight is 503 g/mol. The first-order chi connectivity index (χ1) is 17.3. The molecule has 0 spiro atoms. The number of methoxy groups -OCH3 is 1. The summed E-state index contributed by atoms with van der Waals surface area (Å²) >= 11 is 0. The number of rotatable bonds is 8. The maximum Gasteiger partial charge on any atom is 0.391 e. The number of hydrogen-bond acceptors (Lipinski definition) is 5. The zero-order chi connectivity index (χ0) is 25.7. The Hall–Kier alpha value is -3.53. The minimum atomic E-state index is -4.12. The molecule has 2 heterocycles. The van der Waals surface area contributed by atoms with Crippen molar-refractivity contribution in [3.8, 4) is 22.8 Å². The van der Waals surface area contributed by atoms with Crippen LogP contribution in [-0.2, 0) is 7.05 Å². The van der Waals surface area contributed by atoms with E-state index in [9.17, 15) is 18.0 Å². The van der Waals surface area contributed by atoms with E-state index in [0.717, 1.165) is 11.3 Å². The third-order valence-corrected chi connectivity index (χ3v) is 6.40. The van der Waals surface area contributed by atoms with Crippen molar-refractivity contribution in [1.82, 2.24) is 14.7 Å². The Balaban J connectivity index is 1.45. The average Bonchev–Trinajstić information content (AvgIpc) is 3.30. The minimum absolute atomic E-state index is 0.115. The Morgan fingerprint density at radius 3 is 2.53 bits per heavy atom. The van der Waals surface area contributed by atoms with Gasteiger partial charge in [0.2, 0.25) is 0 Å². The summed E-state index contributed by atoms with van der Waals surface area (Å²) in [6.45, 7) is 1.65. The van der Waals surface area contributed by atoms with Gasteiger partial charge in [0.25, 0.3) is 5.91 Å². The van der Waals surface area contributed by atoms with E-state index in [1.54, 1.807) is 47.3 Å². The normalized spacial score (nSPS) is 15.0. The molecule has 1 saturated heterocycles. The van der Waals surface area contributed by atoms with Crippen molar-refractivity contribution < 1.29 is 27.4 Å². The number of alkyl halides is 3. The Bertz CT molecular complexity index is 1190. The van der Waals surface area contributed by atoms with Gasteiger partial charge < -0.3 is 14.8 Å². The standard InChI is InChI=1S/C26H29F3N4O3/c1-32-22(9-12-30-32)21-17-19(31-25(34)20-5-3-4-6-23(20)35-2)7-8-24(21)36-16-15-33-13-10-18(11-14-33)26(27,28)29/h3-9,12,17-18H,10-11,13-16H2,1-2H3,(H,31,34). The van der Waals surface area contributed by atoms with Gasteiger partial charge in [-0.1, -0.05) is 12.1 Å². The molecule has 1 fully saturated rings. The van der Waals surface area contributed by atoms with E-state index in [4.69, 9.17) is 9.47 Å². The van der Waals surface area contributed by atoms with Crippen molar-refractivity contribution in [2.45, 2.75) is 19.0 Å². The van der Waals surface area contributed by atoms with Gasteiger partial charge in [0.05, 0.1) is 24.3 Å². The topological polar surface area (TPSA) is 68.6 Å². The van der Waals surface area contributed by atoms with Crippen LogP contribution in [0.25, 0.3) is 11.3 Å². The number of amides is 1. The predicted molar refractivity (Wildman–Crippen MR) is 130 cm³/mol. The third-order valence-electron chi connectivity index (χ3n) is 6.40. The molecule has 36 heavy (non-hydrogen) atoms. The highest BCUT2D eigenvalue weighted by Gasteiger charge is 2.40. The SMILES string of the molecule is COc1ccccc1C(=O)Nc1ccc(OCCN2CCC(C(F)(F)F)CC2)c(-c2ccnn2C)c1. The molecule has 1 aliphatic rings. The van der Waals surface area contributed by atoms with Gasteiger partial charge in [-0.05, 0) is 62.3 Å². The van der Waals surface area contributed by atoms with Gasteiger partial charge in [-0.25, -0.2) is 0 Å². The molecule has 2 aromatic carbocycles. The second-order valence-electron chi connectivity index (χ2n) is 8.71. The fourth-order valence-corrected chi connectivity index (χ4v) is 4.37. The molecule has 192 valence electrons. The number of benzene rings is 2. The first kappa shape index (κ1) is 25.6. The molecular formula is C26H29F3N4O3. The Kier molecular flexibility index (Phi) is 7.83. The monoisotopic (exact) mass is 502 g/mol. The van der Waals surface area contributed by atoms with Crippen LogP contribution >= 0.6 is 0 Å². The molecule has 3 aromatic rings. The maximum absolute atomic E-state index is 12.9. The predicted octanol–water partition coefficient (Wildman–Crippen LogP) is 5.00. The van der Waals surface area contributed by atoms with Gasteiger partial charge in [-0.2, -0.15) is 18.3 Å². The number of nitrogens with zero attached hydrogens (tertiary/aromatic N) is 3. The number of carbonyl (C=O) groups is 1. The van der Waals surface area contributed by atoms with Crippen molar-refractivity contribution in [3.05, 3.63) is 60.3 Å². The summed E-state index contributed by atoms with van der Waals surface area (Å²) in [5.74, 6) is -0.454. The molecule has 10 heteroatoms. The molecule has 4 rings (SSSR count). The van der Waals surface area contributed by atoms with Crippen LogP contribution in [0.2, 0.25) is 0 Å². The molecular weight excluding hydrogens is 473 g/mol. The number of ether oxygens (including phenoxy) is 2. The summed E-state index contributed by atoms with van der Waals surface area (Å²) in [5.41, 5.74) is 2.52. The summed E-state index contributed by atoms with van der Waals surface area (Å²) in [5, 5.41) is 7.13. The van der Waals surface area contributed by atoms with E-state index in [1.807, 2.05) is 24.1 Å². The lowest BCUT2D eigenvalue weighted by Crippen LogP contribution is -2.40. The summed E-state index contributed by atoms with van der Waals surface area (Å²) < 4.78 is 51.8. The smallest absolute Gasteiger partial charge is 0.391 e. The Morgan fingerprint density at radius 1 is 1.11 bits per heavy atom. The number of nitrogens with one attached hydrogen (secondary N) is 1. The van der Waals surface area contributed by atoms with Crippen LogP contribution in [0.15, 0.2) is 54.7 Å². The summed E-state index contributed by atoms with van der Waals surface area (Å²) in [6.07, 6.45) is -2.22. The maximum atomic E-state index is 12.9. The number of piperidine rings is 1. The van der Waals surface area contributed by atoms with E-state index < -0.39 is 12.1 Å². The molecule has 0 atom stereocenters. The molecule has 7 nitrogen and oxygen atoms in total. The zero-order valence-electron chi connectivity index (χ0n) is 20.2. The quantitative estimate of drug-likeness (QED) is 0.470. The van der Waals surface area contributed by atoms with Crippen molar-refractivity contribution >= 4 is 11.6 Å². The van der Waals surface area contributed by atoms with Gasteiger partial charge in [0.15, 0.2) is 0 Å². The highest BCUT2D eigenvalue weighted by atomic mass is 19.4. The van der Waals surface area contributed by atoms with Crippen LogP contribution in [0.1, 0.15) is 23.2 Å². The first-order valence-electron chi connectivity index (χ1n) is 11.7. The fourth-order valence-electron chi connectivity index (χ4n) is 4.37. The van der Waals surface area contributed by atoms with Gasteiger partial charge in [0.1, 0.15) is 18.1 Å². The summed E-state index contributed by atoms with van der Waals surface area (Å²) in [4.78, 5) is 14.9. The van der Waals surface area contributed by atoms with Crippen molar-refractivity contribution in [3.63, 3.8) is 0 Å². The van der Waals surface area contributed by atoms with E-state index in [-0.39, 0.29) is 18.7 Å². The molecule has 0 saturated carbocycles. The summed E-state index contributed by atoms with van der Waals surface area (Å²) in [7, 11) is 3.32. The lowest BCUT2D eigenvalue weighted by atomic mass is 9.96. The molecule has 0 unspecified atom stereocenters. The molecule has 1 amide bonds. The molecule has 0 radical (unpaired) electrons. The van der Waals surface area contributed by atoms with E-state index in [0.29, 0.717) is 49.0 Å². The van der Waals surface area contributed by atoms with Gasteiger partial charge in [-0.3, -0.25) is 14.4 Å². The first-order valence-corrected chi connectivity index (χ1v) is 11.7. The second-order valence-corrected chi connectivity index (χ2v) is 8.71. The molecule has 1 N–H and O–H groups in total. The van der Waals surface area contributed by atoms with Crippen LogP contribution in [-0.4, -0.2) is 60.1 Å². The van der Waals surface area contributed by atoms with Crippen LogP contribution in [0, 0.1) is 5.92 Å². The molecule has 0 aliphatic carbocycles.